The Hall–Kier alpha value is -1.50. The summed E-state index contributed by atoms with van der Waals surface area (Å²) in [4.78, 5) is 10.7. The zero-order valence-electron chi connectivity index (χ0n) is 8.75. The van der Waals surface area contributed by atoms with Crippen molar-refractivity contribution in [3.8, 4) is 0 Å². The van der Waals surface area contributed by atoms with Crippen LogP contribution in [0.1, 0.15) is 17.2 Å². The van der Waals surface area contributed by atoms with Gasteiger partial charge in [0.05, 0.1) is 11.6 Å². The molecule has 0 unspecified atom stereocenters. The van der Waals surface area contributed by atoms with E-state index >= 15 is 0 Å². The Morgan fingerprint density at radius 1 is 1.33 bits per heavy atom. The molecule has 1 amide bonds. The molecule has 18 heavy (non-hydrogen) atoms. The summed E-state index contributed by atoms with van der Waals surface area (Å²) in [7, 11) is 0. The number of alkyl halides is 3. The fraction of sp³-hybridized carbons (Fsp3) is 0.300. The van der Waals surface area contributed by atoms with E-state index in [9.17, 15) is 22.4 Å². The van der Waals surface area contributed by atoms with Crippen LogP contribution in [0.3, 0.4) is 0 Å². The van der Waals surface area contributed by atoms with Crippen LogP contribution in [0.2, 0.25) is 0 Å². The van der Waals surface area contributed by atoms with Gasteiger partial charge in [-0.2, -0.15) is 13.2 Å². The second-order valence-electron chi connectivity index (χ2n) is 3.53. The number of hydrogen-bond acceptors (Lipinski definition) is 2. The first kappa shape index (κ1) is 14.6. The highest BCUT2D eigenvalue weighted by Crippen LogP contribution is 2.32. The second-order valence-corrected chi connectivity index (χ2v) is 3.53. The van der Waals surface area contributed by atoms with Crippen LogP contribution in [0.25, 0.3) is 0 Å². The van der Waals surface area contributed by atoms with Crippen LogP contribution in [0.15, 0.2) is 18.2 Å². The highest BCUT2D eigenvalue weighted by atomic mass is 35.5. The average molecular weight is 286 g/mol. The van der Waals surface area contributed by atoms with Crippen LogP contribution in [0.4, 0.5) is 22.4 Å². The zero-order chi connectivity index (χ0) is 12.6. The predicted molar refractivity (Wildman–Crippen MR) is 55.9 cm³/mol. The van der Waals surface area contributed by atoms with Crippen LogP contribution >= 0.6 is 12.4 Å². The molecule has 2 rings (SSSR count). The van der Waals surface area contributed by atoms with Crippen LogP contribution in [0, 0.1) is 5.82 Å². The molecule has 0 bridgehead atoms. The number of hydrogen-bond donors (Lipinski definition) is 1. The van der Waals surface area contributed by atoms with Crippen LogP contribution in [-0.4, -0.2) is 12.7 Å². The number of nitrogens with one attached hydrogen (secondary N) is 1. The predicted octanol–water partition coefficient (Wildman–Crippen LogP) is 3.05. The first-order valence-electron chi connectivity index (χ1n) is 4.68. The van der Waals surface area contributed by atoms with Gasteiger partial charge in [-0.3, -0.25) is 0 Å². The van der Waals surface area contributed by atoms with Gasteiger partial charge in [-0.15, -0.1) is 12.4 Å². The number of amides is 1. The van der Waals surface area contributed by atoms with Crippen molar-refractivity contribution in [2.24, 2.45) is 0 Å². The van der Waals surface area contributed by atoms with Gasteiger partial charge in [0, 0.05) is 0 Å². The lowest BCUT2D eigenvalue weighted by Crippen LogP contribution is -2.19. The summed E-state index contributed by atoms with van der Waals surface area (Å²) in [5.41, 5.74) is -1.09. The lowest BCUT2D eigenvalue weighted by molar-refractivity contribution is -0.140. The fourth-order valence-electron chi connectivity index (χ4n) is 1.54. The lowest BCUT2D eigenvalue weighted by atomic mass is 10.1. The van der Waals surface area contributed by atoms with E-state index < -0.39 is 29.7 Å². The molecule has 1 N–H and O–H groups in total. The second kappa shape index (κ2) is 5.01. The number of carbonyl (C=O) groups excluding carboxylic acids is 1. The number of benzene rings is 1. The van der Waals surface area contributed by atoms with Crippen molar-refractivity contribution in [2.45, 2.75) is 12.2 Å². The molecular weight excluding hydrogens is 278 g/mol. The van der Waals surface area contributed by atoms with E-state index in [-0.39, 0.29) is 24.6 Å². The van der Waals surface area contributed by atoms with Gasteiger partial charge >= 0.3 is 12.3 Å². The minimum atomic E-state index is -4.72. The van der Waals surface area contributed by atoms with Crippen molar-refractivity contribution in [2.75, 3.05) is 6.61 Å². The number of alkyl carbamates (subject to hydrolysis) is 1. The first-order valence-corrected chi connectivity index (χ1v) is 4.68. The highest BCUT2D eigenvalue weighted by molar-refractivity contribution is 5.85. The summed E-state index contributed by atoms with van der Waals surface area (Å²) in [6, 6.07) is 1.91. The van der Waals surface area contributed by atoms with E-state index in [0.717, 1.165) is 12.1 Å². The quantitative estimate of drug-likeness (QED) is 0.806. The zero-order valence-corrected chi connectivity index (χ0v) is 9.57. The maximum atomic E-state index is 13.2. The molecule has 1 saturated heterocycles. The molecule has 8 heteroatoms. The maximum Gasteiger partial charge on any atom is 0.419 e. The number of cyclic esters (lactones) is 1. The minimum Gasteiger partial charge on any atom is -0.447 e. The van der Waals surface area contributed by atoms with Gasteiger partial charge in [-0.1, -0.05) is 6.07 Å². The van der Waals surface area contributed by atoms with Crippen LogP contribution in [-0.2, 0) is 10.9 Å². The number of carbonyl (C=O) groups is 1. The minimum absolute atomic E-state index is 0. The Morgan fingerprint density at radius 3 is 2.44 bits per heavy atom. The Kier molecular flexibility index (Phi) is 4.05. The van der Waals surface area contributed by atoms with Crippen molar-refractivity contribution in [1.29, 1.82) is 0 Å². The molecule has 0 aromatic heterocycles. The number of ether oxygens (including phenoxy) is 1. The SMILES string of the molecule is Cl.O=C1N[C@@H](c2ccc(C(F)(F)F)c(F)c2)CO1. The molecule has 1 aliphatic heterocycles. The summed E-state index contributed by atoms with van der Waals surface area (Å²) < 4.78 is 54.6. The smallest absolute Gasteiger partial charge is 0.419 e. The standard InChI is InChI=1S/C10H7F4NO2.ClH/c11-7-3-5(8-4-17-9(16)15-8)1-2-6(7)10(12,13)14;/h1-3,8H,4H2,(H,15,16);1H/t8-;/m1./s1. The van der Waals surface area contributed by atoms with Gasteiger partial charge in [-0.25, -0.2) is 9.18 Å². The van der Waals surface area contributed by atoms with E-state index in [2.05, 4.69) is 10.1 Å². The third kappa shape index (κ3) is 2.84. The number of halogens is 5. The molecule has 1 atom stereocenters. The van der Waals surface area contributed by atoms with Crippen molar-refractivity contribution in [1.82, 2.24) is 5.32 Å². The lowest BCUT2D eigenvalue weighted by Gasteiger charge is -2.11. The molecule has 1 aromatic carbocycles. The van der Waals surface area contributed by atoms with E-state index in [0.29, 0.717) is 6.07 Å². The largest absolute Gasteiger partial charge is 0.447 e. The topological polar surface area (TPSA) is 38.3 Å². The fourth-order valence-corrected chi connectivity index (χ4v) is 1.54. The molecule has 100 valence electrons. The monoisotopic (exact) mass is 285 g/mol. The van der Waals surface area contributed by atoms with Gasteiger partial charge in [0.1, 0.15) is 12.4 Å². The third-order valence-electron chi connectivity index (χ3n) is 2.37. The van der Waals surface area contributed by atoms with Gasteiger partial charge in [0.25, 0.3) is 0 Å². The van der Waals surface area contributed by atoms with Gasteiger partial charge < -0.3 is 10.1 Å². The van der Waals surface area contributed by atoms with Gasteiger partial charge in [0.15, 0.2) is 0 Å². The van der Waals surface area contributed by atoms with E-state index in [4.69, 9.17) is 0 Å². The summed E-state index contributed by atoms with van der Waals surface area (Å²) >= 11 is 0. The van der Waals surface area contributed by atoms with E-state index in [1.807, 2.05) is 0 Å². The Balaban J connectivity index is 0.00000162. The Morgan fingerprint density at radius 2 is 2.00 bits per heavy atom. The van der Waals surface area contributed by atoms with Crippen molar-refractivity contribution in [3.63, 3.8) is 0 Å². The molecule has 1 fully saturated rings. The van der Waals surface area contributed by atoms with Gasteiger partial charge in [-0.05, 0) is 17.7 Å². The summed E-state index contributed by atoms with van der Waals surface area (Å²) in [6.07, 6.45) is -5.40. The van der Waals surface area contributed by atoms with Crippen LogP contribution in [0.5, 0.6) is 0 Å². The Labute approximate surface area is 106 Å². The molecule has 1 aromatic rings. The molecule has 0 spiro atoms. The molecule has 1 heterocycles. The maximum absolute atomic E-state index is 13.2. The summed E-state index contributed by atoms with van der Waals surface area (Å²) in [5.74, 6) is -1.36. The third-order valence-corrected chi connectivity index (χ3v) is 2.37. The Bertz CT molecular complexity index is 464. The summed E-state index contributed by atoms with van der Waals surface area (Å²) in [6.45, 7) is -0.0242. The summed E-state index contributed by atoms with van der Waals surface area (Å²) in [5, 5.41) is 2.35. The molecular formula is C10H8ClF4NO2. The molecule has 3 nitrogen and oxygen atoms in total. The highest BCUT2D eigenvalue weighted by Gasteiger charge is 2.34. The van der Waals surface area contributed by atoms with Crippen LogP contribution < -0.4 is 5.32 Å². The normalized spacial score (nSPS) is 18.9. The van der Waals surface area contributed by atoms with Crippen molar-refractivity contribution < 1.29 is 27.1 Å². The molecule has 0 aliphatic carbocycles. The number of rotatable bonds is 1. The van der Waals surface area contributed by atoms with E-state index in [1.54, 1.807) is 0 Å². The molecule has 0 saturated carbocycles. The van der Waals surface area contributed by atoms with Crippen molar-refractivity contribution in [3.05, 3.63) is 35.1 Å². The molecule has 1 aliphatic rings. The molecule has 0 radical (unpaired) electrons. The first-order chi connectivity index (χ1) is 7.88. The average Bonchev–Trinajstić information content (AvgIpc) is 2.62. The van der Waals surface area contributed by atoms with Gasteiger partial charge in [0.2, 0.25) is 0 Å². The van der Waals surface area contributed by atoms with E-state index in [1.165, 1.54) is 0 Å². The van der Waals surface area contributed by atoms with Crippen molar-refractivity contribution >= 4 is 18.5 Å².